The van der Waals surface area contributed by atoms with Crippen molar-refractivity contribution in [2.45, 2.75) is 39.5 Å². The standard InChI is InChI=1S/C11H17NO3/c1-3-5-9-7-10(13)12(8-9)15-11(14)6-4-2/h7H,3-6,8H2,1-2H3. The molecule has 0 spiro atoms. The van der Waals surface area contributed by atoms with Crippen molar-refractivity contribution in [3.05, 3.63) is 11.6 Å². The van der Waals surface area contributed by atoms with Crippen LogP contribution in [-0.4, -0.2) is 23.5 Å². The highest BCUT2D eigenvalue weighted by molar-refractivity contribution is 5.91. The number of rotatable bonds is 5. The highest BCUT2D eigenvalue weighted by Gasteiger charge is 2.24. The van der Waals surface area contributed by atoms with E-state index in [1.807, 2.05) is 6.92 Å². The molecule has 0 atom stereocenters. The molecule has 0 unspecified atom stereocenters. The Morgan fingerprint density at radius 1 is 1.47 bits per heavy atom. The number of nitrogens with zero attached hydrogens (tertiary/aromatic N) is 1. The molecule has 4 heteroatoms. The van der Waals surface area contributed by atoms with E-state index < -0.39 is 0 Å². The average Bonchev–Trinajstić information content (AvgIpc) is 2.48. The maximum atomic E-state index is 11.4. The molecule has 0 aromatic carbocycles. The molecule has 0 fully saturated rings. The molecule has 1 amide bonds. The third kappa shape index (κ3) is 3.38. The molecule has 1 rings (SSSR count). The molecule has 0 aromatic rings. The summed E-state index contributed by atoms with van der Waals surface area (Å²) < 4.78 is 0. The fourth-order valence-corrected chi connectivity index (χ4v) is 1.48. The van der Waals surface area contributed by atoms with Gasteiger partial charge in [-0.05, 0) is 18.4 Å². The predicted octanol–water partition coefficient (Wildman–Crippen LogP) is 1.81. The lowest BCUT2D eigenvalue weighted by Gasteiger charge is -2.15. The zero-order valence-corrected chi connectivity index (χ0v) is 9.28. The maximum Gasteiger partial charge on any atom is 0.332 e. The van der Waals surface area contributed by atoms with Crippen molar-refractivity contribution < 1.29 is 14.4 Å². The van der Waals surface area contributed by atoms with Crippen molar-refractivity contribution >= 4 is 11.9 Å². The molecule has 0 saturated carbocycles. The molecule has 1 heterocycles. The summed E-state index contributed by atoms with van der Waals surface area (Å²) in [5.74, 6) is -0.556. The Bertz CT molecular complexity index is 284. The van der Waals surface area contributed by atoms with E-state index in [-0.39, 0.29) is 11.9 Å². The first-order valence-corrected chi connectivity index (χ1v) is 5.39. The summed E-state index contributed by atoms with van der Waals surface area (Å²) in [6.07, 6.45) is 4.52. The summed E-state index contributed by atoms with van der Waals surface area (Å²) in [7, 11) is 0. The third-order valence-electron chi connectivity index (χ3n) is 2.16. The summed E-state index contributed by atoms with van der Waals surface area (Å²) in [5.41, 5.74) is 1.03. The van der Waals surface area contributed by atoms with Crippen LogP contribution in [-0.2, 0) is 14.4 Å². The summed E-state index contributed by atoms with van der Waals surface area (Å²) in [6.45, 7) is 4.38. The van der Waals surface area contributed by atoms with Crippen LogP contribution in [0, 0.1) is 0 Å². The van der Waals surface area contributed by atoms with Gasteiger partial charge in [0.25, 0.3) is 5.91 Å². The van der Waals surface area contributed by atoms with Crippen molar-refractivity contribution in [3.8, 4) is 0 Å². The normalized spacial score (nSPS) is 15.5. The second-order valence-electron chi connectivity index (χ2n) is 3.64. The Balaban J connectivity index is 2.41. The van der Waals surface area contributed by atoms with Crippen LogP contribution in [0.2, 0.25) is 0 Å². The first-order valence-electron chi connectivity index (χ1n) is 5.39. The average molecular weight is 211 g/mol. The number of hydrogen-bond acceptors (Lipinski definition) is 3. The Labute approximate surface area is 89.8 Å². The smallest absolute Gasteiger partial charge is 0.332 e. The molecule has 0 bridgehead atoms. The van der Waals surface area contributed by atoms with Crippen LogP contribution in [0.3, 0.4) is 0 Å². The highest BCUT2D eigenvalue weighted by Crippen LogP contribution is 2.16. The van der Waals surface area contributed by atoms with Crippen LogP contribution >= 0.6 is 0 Å². The van der Waals surface area contributed by atoms with Crippen LogP contribution in [0.1, 0.15) is 39.5 Å². The number of amides is 1. The molecule has 1 aliphatic heterocycles. The topological polar surface area (TPSA) is 46.6 Å². The van der Waals surface area contributed by atoms with Crippen LogP contribution in [0.15, 0.2) is 11.6 Å². The SMILES string of the molecule is CCCC(=O)ON1CC(CCC)=CC1=O. The van der Waals surface area contributed by atoms with E-state index in [9.17, 15) is 9.59 Å². The fraction of sp³-hybridized carbons (Fsp3) is 0.636. The van der Waals surface area contributed by atoms with E-state index in [0.717, 1.165) is 29.9 Å². The predicted molar refractivity (Wildman–Crippen MR) is 55.7 cm³/mol. The minimum atomic E-state index is -0.336. The lowest BCUT2D eigenvalue weighted by atomic mass is 10.2. The van der Waals surface area contributed by atoms with Gasteiger partial charge in [-0.25, -0.2) is 4.79 Å². The van der Waals surface area contributed by atoms with Gasteiger partial charge in [-0.3, -0.25) is 4.79 Å². The van der Waals surface area contributed by atoms with E-state index >= 15 is 0 Å². The Kier molecular flexibility index (Phi) is 4.34. The van der Waals surface area contributed by atoms with Crippen molar-refractivity contribution in [1.29, 1.82) is 0 Å². The number of carbonyl (C=O) groups is 2. The van der Waals surface area contributed by atoms with Gasteiger partial charge in [-0.15, -0.1) is 0 Å². The molecule has 0 saturated heterocycles. The van der Waals surface area contributed by atoms with Crippen LogP contribution < -0.4 is 0 Å². The quantitative estimate of drug-likeness (QED) is 0.696. The Morgan fingerprint density at radius 3 is 2.80 bits per heavy atom. The monoisotopic (exact) mass is 211 g/mol. The molecule has 0 aromatic heterocycles. The molecular weight excluding hydrogens is 194 g/mol. The van der Waals surface area contributed by atoms with Gasteiger partial charge in [0.2, 0.25) is 0 Å². The van der Waals surface area contributed by atoms with Crippen LogP contribution in [0.4, 0.5) is 0 Å². The molecule has 0 radical (unpaired) electrons. The number of hydrogen-bond donors (Lipinski definition) is 0. The minimum Gasteiger partial charge on any atom is -0.338 e. The molecular formula is C11H17NO3. The first kappa shape index (κ1) is 11.8. The molecule has 1 aliphatic rings. The van der Waals surface area contributed by atoms with Crippen molar-refractivity contribution in [2.24, 2.45) is 0 Å². The number of hydroxylamine groups is 2. The highest BCUT2D eigenvalue weighted by atomic mass is 16.7. The Hall–Kier alpha value is -1.32. The van der Waals surface area contributed by atoms with E-state index in [1.54, 1.807) is 6.08 Å². The van der Waals surface area contributed by atoms with Crippen LogP contribution in [0.25, 0.3) is 0 Å². The summed E-state index contributed by atoms with van der Waals surface area (Å²) in [6, 6.07) is 0. The first-order chi connectivity index (χ1) is 7.17. The molecule has 0 aliphatic carbocycles. The van der Waals surface area contributed by atoms with Gasteiger partial charge in [0.05, 0.1) is 6.54 Å². The van der Waals surface area contributed by atoms with Crippen molar-refractivity contribution in [3.63, 3.8) is 0 Å². The van der Waals surface area contributed by atoms with Gasteiger partial charge < -0.3 is 4.84 Å². The van der Waals surface area contributed by atoms with Gasteiger partial charge >= 0.3 is 5.97 Å². The molecule has 0 N–H and O–H groups in total. The van der Waals surface area contributed by atoms with E-state index in [4.69, 9.17) is 4.84 Å². The van der Waals surface area contributed by atoms with Crippen molar-refractivity contribution in [2.75, 3.05) is 6.54 Å². The van der Waals surface area contributed by atoms with Gasteiger partial charge in [-0.1, -0.05) is 20.3 Å². The van der Waals surface area contributed by atoms with Gasteiger partial charge in [-0.2, -0.15) is 5.06 Å². The zero-order valence-electron chi connectivity index (χ0n) is 9.28. The van der Waals surface area contributed by atoms with Crippen LogP contribution in [0.5, 0.6) is 0 Å². The third-order valence-corrected chi connectivity index (χ3v) is 2.16. The van der Waals surface area contributed by atoms with E-state index in [2.05, 4.69) is 6.92 Å². The maximum absolute atomic E-state index is 11.4. The largest absolute Gasteiger partial charge is 0.338 e. The molecule has 84 valence electrons. The molecule has 4 nitrogen and oxygen atoms in total. The second-order valence-corrected chi connectivity index (χ2v) is 3.64. The summed E-state index contributed by atoms with van der Waals surface area (Å²) >= 11 is 0. The van der Waals surface area contributed by atoms with Gasteiger partial charge in [0.1, 0.15) is 0 Å². The number of carbonyl (C=O) groups excluding carboxylic acids is 2. The van der Waals surface area contributed by atoms with E-state index in [1.165, 1.54) is 0 Å². The van der Waals surface area contributed by atoms with E-state index in [0.29, 0.717) is 13.0 Å². The Morgan fingerprint density at radius 2 is 2.20 bits per heavy atom. The van der Waals surface area contributed by atoms with Gasteiger partial charge in [0, 0.05) is 12.5 Å². The van der Waals surface area contributed by atoms with Gasteiger partial charge in [0.15, 0.2) is 0 Å². The fourth-order valence-electron chi connectivity index (χ4n) is 1.48. The summed E-state index contributed by atoms with van der Waals surface area (Å²) in [4.78, 5) is 27.5. The summed E-state index contributed by atoms with van der Waals surface area (Å²) in [5, 5.41) is 1.14. The zero-order chi connectivity index (χ0) is 11.3. The molecule has 15 heavy (non-hydrogen) atoms. The lowest BCUT2D eigenvalue weighted by molar-refractivity contribution is -0.191. The minimum absolute atomic E-state index is 0.220. The lowest BCUT2D eigenvalue weighted by Crippen LogP contribution is -2.29. The second kappa shape index (κ2) is 5.53. The van der Waals surface area contributed by atoms with Crippen molar-refractivity contribution in [1.82, 2.24) is 5.06 Å².